The minimum Gasteiger partial charge on any atom is -0.469 e. The molecule has 0 bridgehead atoms. The Bertz CT molecular complexity index is 434. The first-order chi connectivity index (χ1) is 9.21. The van der Waals surface area contributed by atoms with Crippen LogP contribution in [0.25, 0.3) is 0 Å². The predicted molar refractivity (Wildman–Crippen MR) is 65.1 cm³/mol. The summed E-state index contributed by atoms with van der Waals surface area (Å²) in [6.07, 6.45) is 3.13. The van der Waals surface area contributed by atoms with E-state index in [0.717, 1.165) is 31.4 Å². The summed E-state index contributed by atoms with van der Waals surface area (Å²) in [6.45, 7) is -0.452. The predicted octanol–water partition coefficient (Wildman–Crippen LogP) is 1.11. The van der Waals surface area contributed by atoms with E-state index in [9.17, 15) is 9.90 Å². The van der Waals surface area contributed by atoms with E-state index >= 15 is 0 Å². The lowest BCUT2D eigenvalue weighted by molar-refractivity contribution is -0.146. The first-order valence-electron chi connectivity index (χ1n) is 6.48. The summed E-state index contributed by atoms with van der Waals surface area (Å²) < 4.78 is 9.78. The molecule has 0 atom stereocenters. The summed E-state index contributed by atoms with van der Waals surface area (Å²) in [6, 6.07) is 0. The van der Waals surface area contributed by atoms with Crippen LogP contribution in [0.2, 0.25) is 0 Å². The number of methoxy groups -OCH3 is 1. The van der Waals surface area contributed by atoms with E-state index in [2.05, 4.69) is 5.16 Å². The molecule has 0 radical (unpaired) electrons. The van der Waals surface area contributed by atoms with E-state index in [1.807, 2.05) is 0 Å². The Morgan fingerprint density at radius 3 is 2.53 bits per heavy atom. The fraction of sp³-hybridized carbons (Fsp3) is 0.692. The number of ether oxygens (including phenoxy) is 1. The van der Waals surface area contributed by atoms with Crippen LogP contribution in [-0.2, 0) is 22.7 Å². The molecule has 1 aliphatic carbocycles. The van der Waals surface area contributed by atoms with E-state index < -0.39 is 0 Å². The second kappa shape index (κ2) is 6.16. The molecule has 1 heterocycles. The summed E-state index contributed by atoms with van der Waals surface area (Å²) in [4.78, 5) is 11.5. The quantitative estimate of drug-likeness (QED) is 0.795. The van der Waals surface area contributed by atoms with Gasteiger partial charge in [0, 0.05) is 11.5 Å². The molecule has 2 N–H and O–H groups in total. The molecule has 106 valence electrons. The average molecular weight is 269 g/mol. The van der Waals surface area contributed by atoms with Crippen molar-refractivity contribution in [2.24, 2.45) is 5.92 Å². The van der Waals surface area contributed by atoms with Crippen LogP contribution in [0.4, 0.5) is 0 Å². The lowest BCUT2D eigenvalue weighted by Crippen LogP contribution is -2.22. The minimum absolute atomic E-state index is 0.0389. The molecule has 6 heteroatoms. The van der Waals surface area contributed by atoms with Crippen LogP contribution in [0, 0.1) is 5.92 Å². The van der Waals surface area contributed by atoms with Crippen LogP contribution < -0.4 is 0 Å². The van der Waals surface area contributed by atoms with Gasteiger partial charge < -0.3 is 19.5 Å². The highest BCUT2D eigenvalue weighted by atomic mass is 16.5. The molecular formula is C13H19NO5. The smallest absolute Gasteiger partial charge is 0.308 e. The van der Waals surface area contributed by atoms with Crippen molar-refractivity contribution in [1.29, 1.82) is 0 Å². The number of carbonyl (C=O) groups excluding carboxylic acids is 1. The van der Waals surface area contributed by atoms with Crippen LogP contribution in [-0.4, -0.2) is 28.4 Å². The fourth-order valence-corrected chi connectivity index (χ4v) is 2.74. The molecule has 0 aromatic carbocycles. The van der Waals surface area contributed by atoms with Gasteiger partial charge in [-0.15, -0.1) is 0 Å². The molecule has 1 aromatic rings. The number of aliphatic hydroxyl groups is 2. The number of carbonyl (C=O) groups is 1. The van der Waals surface area contributed by atoms with Gasteiger partial charge in [-0.05, 0) is 25.7 Å². The van der Waals surface area contributed by atoms with Gasteiger partial charge in [0.15, 0.2) is 5.76 Å². The zero-order valence-electron chi connectivity index (χ0n) is 11.0. The van der Waals surface area contributed by atoms with Crippen molar-refractivity contribution >= 4 is 5.97 Å². The number of hydrogen-bond donors (Lipinski definition) is 2. The van der Waals surface area contributed by atoms with Crippen LogP contribution in [0.3, 0.4) is 0 Å². The summed E-state index contributed by atoms with van der Waals surface area (Å²) in [5.74, 6) is 0.305. The van der Waals surface area contributed by atoms with Gasteiger partial charge in [0.2, 0.25) is 0 Å². The van der Waals surface area contributed by atoms with E-state index in [4.69, 9.17) is 14.4 Å². The topological polar surface area (TPSA) is 92.8 Å². The number of hydrogen-bond acceptors (Lipinski definition) is 6. The van der Waals surface area contributed by atoms with E-state index in [1.165, 1.54) is 7.11 Å². The zero-order chi connectivity index (χ0) is 13.8. The molecule has 0 saturated heterocycles. The van der Waals surface area contributed by atoms with Crippen LogP contribution in [0.5, 0.6) is 0 Å². The second-order valence-corrected chi connectivity index (χ2v) is 4.86. The lowest BCUT2D eigenvalue weighted by Gasteiger charge is -2.25. The normalized spacial score (nSPS) is 23.3. The third kappa shape index (κ3) is 2.79. The molecular weight excluding hydrogens is 250 g/mol. The Morgan fingerprint density at radius 1 is 1.32 bits per heavy atom. The van der Waals surface area contributed by atoms with Gasteiger partial charge in [-0.1, -0.05) is 5.16 Å². The number of aromatic nitrogens is 1. The second-order valence-electron chi connectivity index (χ2n) is 4.86. The Kier molecular flexibility index (Phi) is 4.55. The van der Waals surface area contributed by atoms with Crippen molar-refractivity contribution in [3.8, 4) is 0 Å². The number of rotatable bonds is 4. The number of aliphatic hydroxyl groups excluding tert-OH is 2. The Labute approximate surface area is 111 Å². The van der Waals surface area contributed by atoms with Crippen LogP contribution in [0.1, 0.15) is 48.6 Å². The van der Waals surface area contributed by atoms with Crippen LogP contribution >= 0.6 is 0 Å². The lowest BCUT2D eigenvalue weighted by atomic mass is 9.79. The van der Waals surface area contributed by atoms with Gasteiger partial charge in [-0.2, -0.15) is 0 Å². The first-order valence-corrected chi connectivity index (χ1v) is 6.48. The van der Waals surface area contributed by atoms with Gasteiger partial charge in [-0.25, -0.2) is 0 Å². The van der Waals surface area contributed by atoms with Crippen molar-refractivity contribution in [2.45, 2.75) is 44.8 Å². The molecule has 0 aliphatic heterocycles. The van der Waals surface area contributed by atoms with Gasteiger partial charge in [0.25, 0.3) is 0 Å². The largest absolute Gasteiger partial charge is 0.469 e. The molecule has 1 aromatic heterocycles. The van der Waals surface area contributed by atoms with Crippen molar-refractivity contribution in [3.05, 3.63) is 17.0 Å². The molecule has 1 aliphatic rings. The highest BCUT2D eigenvalue weighted by molar-refractivity contribution is 5.72. The summed E-state index contributed by atoms with van der Waals surface area (Å²) in [7, 11) is 1.41. The highest BCUT2D eigenvalue weighted by Crippen LogP contribution is 2.37. The molecule has 6 nitrogen and oxygen atoms in total. The maximum Gasteiger partial charge on any atom is 0.308 e. The van der Waals surface area contributed by atoms with Crippen molar-refractivity contribution in [1.82, 2.24) is 5.16 Å². The monoisotopic (exact) mass is 269 g/mol. The Balaban J connectivity index is 2.05. The van der Waals surface area contributed by atoms with Gasteiger partial charge >= 0.3 is 5.97 Å². The molecule has 0 spiro atoms. The maximum atomic E-state index is 11.5. The molecule has 1 fully saturated rings. The van der Waals surface area contributed by atoms with Gasteiger partial charge in [-0.3, -0.25) is 4.79 Å². The molecule has 0 amide bonds. The number of nitrogens with zero attached hydrogens (tertiary/aromatic N) is 1. The Morgan fingerprint density at radius 2 is 2.00 bits per heavy atom. The number of esters is 1. The maximum absolute atomic E-state index is 11.5. The fourth-order valence-electron chi connectivity index (χ4n) is 2.74. The van der Waals surface area contributed by atoms with E-state index in [-0.39, 0.29) is 31.0 Å². The molecule has 0 unspecified atom stereocenters. The third-order valence-electron chi connectivity index (χ3n) is 3.85. The standard InChI is InChI=1S/C13H19NO5/c1-18-13(17)9-4-2-8(3-5-9)12-10(6-15)11(7-16)19-14-12/h8-9,15-16H,2-7H2,1H3. The van der Waals surface area contributed by atoms with E-state index in [1.54, 1.807) is 0 Å². The van der Waals surface area contributed by atoms with Gasteiger partial charge in [0.1, 0.15) is 6.61 Å². The summed E-state index contributed by atoms with van der Waals surface area (Å²) >= 11 is 0. The van der Waals surface area contributed by atoms with Crippen molar-refractivity contribution in [3.63, 3.8) is 0 Å². The minimum atomic E-state index is -0.263. The molecule has 1 saturated carbocycles. The third-order valence-corrected chi connectivity index (χ3v) is 3.85. The first kappa shape index (κ1) is 14.0. The summed E-state index contributed by atoms with van der Waals surface area (Å²) in [5.41, 5.74) is 1.30. The average Bonchev–Trinajstić information content (AvgIpc) is 2.89. The zero-order valence-corrected chi connectivity index (χ0v) is 11.0. The van der Waals surface area contributed by atoms with Crippen molar-refractivity contribution < 1.29 is 24.3 Å². The SMILES string of the molecule is COC(=O)C1CCC(c2noc(CO)c2CO)CC1. The Hall–Kier alpha value is -1.40. The van der Waals surface area contributed by atoms with Gasteiger partial charge in [0.05, 0.1) is 25.3 Å². The molecule has 19 heavy (non-hydrogen) atoms. The summed E-state index contributed by atoms with van der Waals surface area (Å²) in [5, 5.41) is 22.4. The van der Waals surface area contributed by atoms with E-state index in [0.29, 0.717) is 11.3 Å². The van der Waals surface area contributed by atoms with Crippen molar-refractivity contribution in [2.75, 3.05) is 7.11 Å². The van der Waals surface area contributed by atoms with Crippen LogP contribution in [0.15, 0.2) is 4.52 Å². The molecule has 2 rings (SSSR count). The highest BCUT2D eigenvalue weighted by Gasteiger charge is 2.31.